The summed E-state index contributed by atoms with van der Waals surface area (Å²) in [6.45, 7) is 2.82. The lowest BCUT2D eigenvalue weighted by Crippen LogP contribution is -2.18. The molecule has 2 atom stereocenters. The van der Waals surface area contributed by atoms with Crippen LogP contribution in [0.15, 0.2) is 18.3 Å². The van der Waals surface area contributed by atoms with Crippen molar-refractivity contribution in [1.29, 1.82) is 0 Å². The summed E-state index contributed by atoms with van der Waals surface area (Å²) < 4.78 is 10.3. The molecule has 0 saturated heterocycles. The summed E-state index contributed by atoms with van der Waals surface area (Å²) in [6.07, 6.45) is 2.57. The van der Waals surface area contributed by atoms with Crippen LogP contribution in [0.4, 0.5) is 0 Å². The summed E-state index contributed by atoms with van der Waals surface area (Å²) in [6, 6.07) is 3.61. The Kier molecular flexibility index (Phi) is 5.22. The minimum absolute atomic E-state index is 0.110. The molecule has 4 nitrogen and oxygen atoms in total. The van der Waals surface area contributed by atoms with Crippen LogP contribution >= 0.6 is 0 Å². The first-order valence-electron chi connectivity index (χ1n) is 5.42. The third-order valence-corrected chi connectivity index (χ3v) is 2.48. The number of pyridine rings is 1. The van der Waals surface area contributed by atoms with Crippen LogP contribution in [-0.2, 0) is 4.74 Å². The van der Waals surface area contributed by atoms with E-state index >= 15 is 0 Å². The molecule has 1 rings (SSSR count). The van der Waals surface area contributed by atoms with E-state index in [1.165, 1.54) is 0 Å². The second kappa shape index (κ2) is 6.45. The van der Waals surface area contributed by atoms with E-state index in [9.17, 15) is 0 Å². The molecule has 0 fully saturated rings. The monoisotopic (exact) mass is 224 g/mol. The van der Waals surface area contributed by atoms with Crippen LogP contribution in [0.3, 0.4) is 0 Å². The van der Waals surface area contributed by atoms with E-state index in [-0.39, 0.29) is 6.04 Å². The van der Waals surface area contributed by atoms with Crippen molar-refractivity contribution >= 4 is 0 Å². The van der Waals surface area contributed by atoms with E-state index in [2.05, 4.69) is 11.9 Å². The molecule has 16 heavy (non-hydrogen) atoms. The number of methoxy groups -OCH3 is 2. The van der Waals surface area contributed by atoms with Gasteiger partial charge in [0.1, 0.15) is 5.75 Å². The molecule has 0 aliphatic carbocycles. The Morgan fingerprint density at radius 3 is 2.81 bits per heavy atom. The van der Waals surface area contributed by atoms with E-state index in [0.717, 1.165) is 17.9 Å². The zero-order valence-electron chi connectivity index (χ0n) is 10.1. The van der Waals surface area contributed by atoms with Gasteiger partial charge in [-0.2, -0.15) is 0 Å². The van der Waals surface area contributed by atoms with Crippen LogP contribution < -0.4 is 10.5 Å². The first kappa shape index (κ1) is 12.9. The predicted molar refractivity (Wildman–Crippen MR) is 63.4 cm³/mol. The van der Waals surface area contributed by atoms with Crippen LogP contribution in [0.25, 0.3) is 0 Å². The van der Waals surface area contributed by atoms with Crippen LogP contribution in [0.1, 0.15) is 25.1 Å². The average molecular weight is 224 g/mol. The fourth-order valence-corrected chi connectivity index (χ4v) is 1.75. The molecule has 2 unspecified atom stereocenters. The summed E-state index contributed by atoms with van der Waals surface area (Å²) in [5.41, 5.74) is 6.92. The van der Waals surface area contributed by atoms with Gasteiger partial charge in [0.15, 0.2) is 0 Å². The van der Waals surface area contributed by atoms with Gasteiger partial charge in [0.25, 0.3) is 0 Å². The molecule has 1 heterocycles. The fourth-order valence-electron chi connectivity index (χ4n) is 1.75. The zero-order chi connectivity index (χ0) is 12.0. The van der Waals surface area contributed by atoms with Crippen molar-refractivity contribution < 1.29 is 9.47 Å². The summed E-state index contributed by atoms with van der Waals surface area (Å²) in [4.78, 5) is 4.27. The van der Waals surface area contributed by atoms with Crippen molar-refractivity contribution in [2.45, 2.75) is 19.4 Å². The third kappa shape index (κ3) is 3.47. The maximum atomic E-state index is 6.10. The molecule has 0 aliphatic rings. The smallest absolute Gasteiger partial charge is 0.141 e. The largest absolute Gasteiger partial charge is 0.495 e. The van der Waals surface area contributed by atoms with Crippen molar-refractivity contribution in [1.82, 2.24) is 4.98 Å². The van der Waals surface area contributed by atoms with Gasteiger partial charge >= 0.3 is 0 Å². The number of hydrogen-bond acceptors (Lipinski definition) is 4. The fraction of sp³-hybridized carbons (Fsp3) is 0.583. The van der Waals surface area contributed by atoms with Crippen molar-refractivity contribution in [2.24, 2.45) is 11.7 Å². The van der Waals surface area contributed by atoms with Gasteiger partial charge in [-0.25, -0.2) is 0 Å². The highest BCUT2D eigenvalue weighted by atomic mass is 16.5. The molecule has 0 amide bonds. The Labute approximate surface area is 96.8 Å². The molecule has 0 spiro atoms. The van der Waals surface area contributed by atoms with E-state index in [1.807, 2.05) is 12.1 Å². The lowest BCUT2D eigenvalue weighted by molar-refractivity contribution is 0.151. The predicted octanol–water partition coefficient (Wildman–Crippen LogP) is 1.76. The number of nitrogens with zero attached hydrogens (tertiary/aromatic N) is 1. The second-order valence-electron chi connectivity index (χ2n) is 3.99. The number of nitrogens with two attached hydrogens (primary N) is 1. The molecule has 0 radical (unpaired) electrons. The van der Waals surface area contributed by atoms with Crippen molar-refractivity contribution in [3.05, 3.63) is 24.0 Å². The number of hydrogen-bond donors (Lipinski definition) is 1. The minimum Gasteiger partial charge on any atom is -0.495 e. The topological polar surface area (TPSA) is 57.4 Å². The van der Waals surface area contributed by atoms with Gasteiger partial charge < -0.3 is 15.2 Å². The summed E-state index contributed by atoms with van der Waals surface area (Å²) >= 11 is 0. The quantitative estimate of drug-likeness (QED) is 0.800. The minimum atomic E-state index is -0.110. The van der Waals surface area contributed by atoms with Crippen molar-refractivity contribution in [3.63, 3.8) is 0 Å². The average Bonchev–Trinajstić information content (AvgIpc) is 2.29. The van der Waals surface area contributed by atoms with Crippen LogP contribution in [0.5, 0.6) is 5.75 Å². The lowest BCUT2D eigenvalue weighted by atomic mass is 10.00. The molecular weight excluding hydrogens is 204 g/mol. The maximum Gasteiger partial charge on any atom is 0.141 e. The summed E-state index contributed by atoms with van der Waals surface area (Å²) in [7, 11) is 3.33. The van der Waals surface area contributed by atoms with Crippen LogP contribution in [0, 0.1) is 5.92 Å². The van der Waals surface area contributed by atoms with Gasteiger partial charge in [0, 0.05) is 19.9 Å². The number of rotatable bonds is 6. The zero-order valence-corrected chi connectivity index (χ0v) is 10.1. The molecule has 1 aromatic heterocycles. The SMILES string of the molecule is COCC(C)CC(N)c1ncccc1OC. The van der Waals surface area contributed by atoms with Gasteiger partial charge in [-0.15, -0.1) is 0 Å². The highest BCUT2D eigenvalue weighted by Gasteiger charge is 2.16. The first-order chi connectivity index (χ1) is 7.69. The van der Waals surface area contributed by atoms with Crippen molar-refractivity contribution in [3.8, 4) is 5.75 Å². The molecule has 90 valence electrons. The first-order valence-corrected chi connectivity index (χ1v) is 5.42. The standard InChI is InChI=1S/C12H20N2O2/c1-9(8-15-2)7-10(13)12-11(16-3)5-4-6-14-12/h4-6,9-10H,7-8,13H2,1-3H3. The van der Waals surface area contributed by atoms with Crippen LogP contribution in [0.2, 0.25) is 0 Å². The Hall–Kier alpha value is -1.13. The normalized spacial score (nSPS) is 14.5. The lowest BCUT2D eigenvalue weighted by Gasteiger charge is -2.17. The molecule has 0 aromatic carbocycles. The molecule has 1 aromatic rings. The van der Waals surface area contributed by atoms with Crippen molar-refractivity contribution in [2.75, 3.05) is 20.8 Å². The molecule has 0 aliphatic heterocycles. The number of aromatic nitrogens is 1. The number of ether oxygens (including phenoxy) is 2. The maximum absolute atomic E-state index is 6.10. The third-order valence-electron chi connectivity index (χ3n) is 2.48. The van der Waals surface area contributed by atoms with Gasteiger partial charge in [-0.1, -0.05) is 6.92 Å². The van der Waals surface area contributed by atoms with Gasteiger partial charge in [-0.3, -0.25) is 4.98 Å². The molecule has 0 bridgehead atoms. The van der Waals surface area contributed by atoms with E-state index in [4.69, 9.17) is 15.2 Å². The highest BCUT2D eigenvalue weighted by molar-refractivity contribution is 5.29. The Morgan fingerprint density at radius 2 is 2.19 bits per heavy atom. The molecule has 0 saturated carbocycles. The second-order valence-corrected chi connectivity index (χ2v) is 3.99. The Bertz CT molecular complexity index is 318. The van der Waals surface area contributed by atoms with Gasteiger partial charge in [-0.05, 0) is 24.5 Å². The van der Waals surface area contributed by atoms with E-state index in [1.54, 1.807) is 20.4 Å². The van der Waals surface area contributed by atoms with Crippen LogP contribution in [-0.4, -0.2) is 25.8 Å². The van der Waals surface area contributed by atoms with Gasteiger partial charge in [0.05, 0.1) is 18.8 Å². The van der Waals surface area contributed by atoms with E-state index in [0.29, 0.717) is 12.5 Å². The Balaban J connectivity index is 2.68. The molecule has 4 heteroatoms. The van der Waals surface area contributed by atoms with E-state index < -0.39 is 0 Å². The highest BCUT2D eigenvalue weighted by Crippen LogP contribution is 2.25. The summed E-state index contributed by atoms with van der Waals surface area (Å²) in [5, 5.41) is 0. The summed E-state index contributed by atoms with van der Waals surface area (Å²) in [5.74, 6) is 1.16. The Morgan fingerprint density at radius 1 is 1.44 bits per heavy atom. The molecular formula is C12H20N2O2. The molecule has 2 N–H and O–H groups in total. The van der Waals surface area contributed by atoms with Gasteiger partial charge in [0.2, 0.25) is 0 Å².